The minimum atomic E-state index is -0.287. The molecule has 4 heteroatoms. The van der Waals surface area contributed by atoms with E-state index in [0.29, 0.717) is 24.0 Å². The number of aliphatic hydroxyl groups excluding tert-OH is 1. The highest BCUT2D eigenvalue weighted by Crippen LogP contribution is 2.75. The molecule has 9 atom stereocenters. The van der Waals surface area contributed by atoms with Crippen molar-refractivity contribution in [3.8, 4) is 0 Å². The van der Waals surface area contributed by atoms with E-state index in [1.54, 1.807) is 0 Å². The maximum absolute atomic E-state index is 14.3. The molecular formula is C32H50O4. The van der Waals surface area contributed by atoms with Gasteiger partial charge in [-0.15, -0.1) is 0 Å². The Balaban J connectivity index is 1.58. The third-order valence-electron chi connectivity index (χ3n) is 13.4. The Morgan fingerprint density at radius 2 is 1.64 bits per heavy atom. The Bertz CT molecular complexity index is 996. The summed E-state index contributed by atoms with van der Waals surface area (Å²) in [5.74, 6) is 0.944. The van der Waals surface area contributed by atoms with Crippen molar-refractivity contribution < 1.29 is 19.4 Å². The Kier molecular flexibility index (Phi) is 5.83. The van der Waals surface area contributed by atoms with Crippen molar-refractivity contribution in [2.45, 2.75) is 119 Å². The molecule has 0 aliphatic heterocycles. The number of carbonyl (C=O) groups excluding carboxylic acids is 2. The van der Waals surface area contributed by atoms with Gasteiger partial charge in [0.2, 0.25) is 0 Å². The Labute approximate surface area is 219 Å². The Morgan fingerprint density at radius 1 is 0.972 bits per heavy atom. The van der Waals surface area contributed by atoms with Gasteiger partial charge in [0.25, 0.3) is 0 Å². The smallest absolute Gasteiger partial charge is 0.306 e. The lowest BCUT2D eigenvalue weighted by Gasteiger charge is -2.70. The van der Waals surface area contributed by atoms with Crippen LogP contribution in [0.15, 0.2) is 11.6 Å². The number of esters is 1. The molecule has 0 bridgehead atoms. The average molecular weight is 499 g/mol. The van der Waals surface area contributed by atoms with Gasteiger partial charge in [0, 0.05) is 5.92 Å². The number of methoxy groups -OCH3 is 1. The van der Waals surface area contributed by atoms with Crippen molar-refractivity contribution in [3.63, 3.8) is 0 Å². The van der Waals surface area contributed by atoms with E-state index in [1.165, 1.54) is 19.1 Å². The summed E-state index contributed by atoms with van der Waals surface area (Å²) in [6, 6.07) is 0. The molecule has 5 aliphatic rings. The summed E-state index contributed by atoms with van der Waals surface area (Å²) in [5, 5.41) is 10.9. The number of hydrogen-bond donors (Lipinski definition) is 1. The molecular weight excluding hydrogens is 448 g/mol. The van der Waals surface area contributed by atoms with Crippen molar-refractivity contribution in [2.24, 2.45) is 50.2 Å². The number of hydrogen-bond acceptors (Lipinski definition) is 4. The van der Waals surface area contributed by atoms with Gasteiger partial charge < -0.3 is 9.84 Å². The summed E-state index contributed by atoms with van der Waals surface area (Å²) >= 11 is 0. The third kappa shape index (κ3) is 3.34. The first kappa shape index (κ1) is 26.4. The van der Waals surface area contributed by atoms with Gasteiger partial charge in [0.05, 0.1) is 19.6 Å². The van der Waals surface area contributed by atoms with E-state index in [1.807, 2.05) is 0 Å². The van der Waals surface area contributed by atoms with E-state index in [2.05, 4.69) is 54.5 Å². The van der Waals surface area contributed by atoms with Crippen LogP contribution in [0.3, 0.4) is 0 Å². The molecule has 0 saturated heterocycles. The molecule has 5 rings (SSSR count). The van der Waals surface area contributed by atoms with Crippen LogP contribution in [0.2, 0.25) is 0 Å². The van der Waals surface area contributed by atoms with Crippen molar-refractivity contribution in [2.75, 3.05) is 7.11 Å². The molecule has 0 amide bonds. The number of aliphatic hydroxyl groups is 1. The second-order valence-electron chi connectivity index (χ2n) is 15.6. The number of carbonyl (C=O) groups is 2. The molecule has 0 radical (unpaired) electrons. The van der Waals surface area contributed by atoms with Gasteiger partial charge in [-0.05, 0) is 108 Å². The van der Waals surface area contributed by atoms with E-state index in [4.69, 9.17) is 4.74 Å². The van der Waals surface area contributed by atoms with Crippen LogP contribution in [0.25, 0.3) is 0 Å². The van der Waals surface area contributed by atoms with Crippen LogP contribution in [-0.4, -0.2) is 30.1 Å². The predicted octanol–water partition coefficient (Wildman–Crippen LogP) is 6.89. The number of rotatable bonds is 2. The van der Waals surface area contributed by atoms with Gasteiger partial charge in [0.1, 0.15) is 0 Å². The second-order valence-corrected chi connectivity index (χ2v) is 15.6. The Hall–Kier alpha value is -1.16. The largest absolute Gasteiger partial charge is 0.469 e. The Morgan fingerprint density at radius 3 is 2.31 bits per heavy atom. The van der Waals surface area contributed by atoms with Crippen molar-refractivity contribution in [1.29, 1.82) is 0 Å². The highest BCUT2D eigenvalue weighted by atomic mass is 16.5. The predicted molar refractivity (Wildman–Crippen MR) is 142 cm³/mol. The molecule has 0 spiro atoms. The first-order valence-electron chi connectivity index (χ1n) is 14.6. The fraction of sp³-hybridized carbons (Fsp3) is 0.875. The molecule has 4 saturated carbocycles. The lowest BCUT2D eigenvalue weighted by Crippen LogP contribution is -2.66. The van der Waals surface area contributed by atoms with Crippen LogP contribution in [-0.2, 0) is 14.3 Å². The number of fused-ring (bicyclic) bond motifs is 7. The summed E-state index contributed by atoms with van der Waals surface area (Å²) in [7, 11) is 1.49. The molecule has 4 fully saturated rings. The van der Waals surface area contributed by atoms with Crippen molar-refractivity contribution in [1.82, 2.24) is 0 Å². The minimum absolute atomic E-state index is 0.00649. The zero-order valence-electron chi connectivity index (χ0n) is 24.1. The lowest BCUT2D eigenvalue weighted by atomic mass is 9.33. The molecule has 5 aliphatic carbocycles. The lowest BCUT2D eigenvalue weighted by molar-refractivity contribution is -0.202. The second kappa shape index (κ2) is 7.93. The quantitative estimate of drug-likeness (QED) is 0.421. The minimum Gasteiger partial charge on any atom is -0.469 e. The first-order chi connectivity index (χ1) is 16.6. The molecule has 4 nitrogen and oxygen atoms in total. The monoisotopic (exact) mass is 498 g/mol. The summed E-state index contributed by atoms with van der Waals surface area (Å²) < 4.78 is 5.07. The van der Waals surface area contributed by atoms with E-state index in [9.17, 15) is 14.7 Å². The van der Waals surface area contributed by atoms with E-state index in [0.717, 1.165) is 51.4 Å². The molecule has 1 N–H and O–H groups in total. The summed E-state index contributed by atoms with van der Waals surface area (Å²) in [6.07, 6.45) is 11.6. The molecule has 202 valence electrons. The normalized spacial score (nSPS) is 51.7. The van der Waals surface area contributed by atoms with Gasteiger partial charge >= 0.3 is 5.97 Å². The van der Waals surface area contributed by atoms with Gasteiger partial charge in [-0.3, -0.25) is 9.59 Å². The van der Waals surface area contributed by atoms with Crippen LogP contribution < -0.4 is 0 Å². The highest BCUT2D eigenvalue weighted by molar-refractivity contribution is 5.95. The van der Waals surface area contributed by atoms with E-state index in [-0.39, 0.29) is 50.5 Å². The molecule has 0 aromatic rings. The summed E-state index contributed by atoms with van der Waals surface area (Å²) in [5.41, 5.74) is 1.19. The fourth-order valence-corrected chi connectivity index (χ4v) is 10.8. The van der Waals surface area contributed by atoms with Gasteiger partial charge in [-0.2, -0.15) is 0 Å². The van der Waals surface area contributed by atoms with Crippen LogP contribution in [0.1, 0.15) is 113 Å². The van der Waals surface area contributed by atoms with Crippen molar-refractivity contribution in [3.05, 3.63) is 11.6 Å². The topological polar surface area (TPSA) is 63.6 Å². The van der Waals surface area contributed by atoms with E-state index >= 15 is 0 Å². The van der Waals surface area contributed by atoms with Crippen LogP contribution in [0.4, 0.5) is 0 Å². The van der Waals surface area contributed by atoms with Crippen LogP contribution in [0.5, 0.6) is 0 Å². The van der Waals surface area contributed by atoms with Gasteiger partial charge in [-0.1, -0.05) is 54.0 Å². The molecule has 0 heterocycles. The van der Waals surface area contributed by atoms with Crippen molar-refractivity contribution >= 4 is 11.8 Å². The zero-order chi connectivity index (χ0) is 26.5. The summed E-state index contributed by atoms with van der Waals surface area (Å²) in [4.78, 5) is 26.6. The summed E-state index contributed by atoms with van der Waals surface area (Å²) in [6.45, 7) is 16.5. The number of ketones is 1. The van der Waals surface area contributed by atoms with E-state index < -0.39 is 0 Å². The molecule has 0 aromatic heterocycles. The maximum Gasteiger partial charge on any atom is 0.306 e. The van der Waals surface area contributed by atoms with Crippen LogP contribution >= 0.6 is 0 Å². The first-order valence-corrected chi connectivity index (χ1v) is 14.6. The molecule has 36 heavy (non-hydrogen) atoms. The molecule has 2 unspecified atom stereocenters. The molecule has 0 aromatic carbocycles. The fourth-order valence-electron chi connectivity index (χ4n) is 10.8. The number of ether oxygens (including phenoxy) is 1. The van der Waals surface area contributed by atoms with Crippen LogP contribution in [0, 0.1) is 50.2 Å². The zero-order valence-corrected chi connectivity index (χ0v) is 24.1. The SMILES string of the molecule is COC(=O)C[C@@]1(C)CC[C@]2(C)CC[C@]3(C)C(=CC(=O)C4[C@@]5(C)CC[C@H](O)C(C)(C)C5CC[C@]43C)[C@@H]2C1. The van der Waals surface area contributed by atoms with Gasteiger partial charge in [0.15, 0.2) is 5.78 Å². The average Bonchev–Trinajstić information content (AvgIpc) is 2.79. The maximum atomic E-state index is 14.3. The third-order valence-corrected chi connectivity index (χ3v) is 13.4. The van der Waals surface area contributed by atoms with Gasteiger partial charge in [-0.25, -0.2) is 0 Å². The highest BCUT2D eigenvalue weighted by Gasteiger charge is 2.70. The number of allylic oxidation sites excluding steroid dienone is 2. The standard InChI is InChI=1S/C32H50O4/c1-27(2)23-9-12-32(7)26(30(23,5)11-10-24(27)34)22(33)17-20-21-18-28(3,19-25(35)36-8)13-14-29(21,4)15-16-31(20,32)6/h17,21,23-24,26,34H,9-16,18-19H2,1-8H3/t21-,23?,24-,26?,28-,29+,30-,31+,32+/m0/s1.